The van der Waals surface area contributed by atoms with Crippen LogP contribution in [0.25, 0.3) is 11.4 Å². The van der Waals surface area contributed by atoms with Crippen LogP contribution < -0.4 is 5.56 Å². The number of aromatic carboxylic acids is 1. The highest BCUT2D eigenvalue weighted by Crippen LogP contribution is 2.12. The second-order valence-corrected chi connectivity index (χ2v) is 3.17. The van der Waals surface area contributed by atoms with Crippen LogP contribution in [-0.2, 0) is 0 Å². The summed E-state index contributed by atoms with van der Waals surface area (Å²) in [5.41, 5.74) is 0.415. The SMILES string of the molecule is O=C(O)c1cc(-c2ccccn2)[nH]c(=O)c1. The molecule has 0 saturated carbocycles. The summed E-state index contributed by atoms with van der Waals surface area (Å²) in [6, 6.07) is 7.61. The summed E-state index contributed by atoms with van der Waals surface area (Å²) in [5, 5.41) is 8.81. The van der Waals surface area contributed by atoms with E-state index in [2.05, 4.69) is 9.97 Å². The summed E-state index contributed by atoms with van der Waals surface area (Å²) in [6.07, 6.45) is 1.57. The zero-order valence-corrected chi connectivity index (χ0v) is 8.18. The third kappa shape index (κ3) is 1.98. The lowest BCUT2D eigenvalue weighted by Gasteiger charge is -2.01. The molecule has 80 valence electrons. The maximum atomic E-state index is 11.2. The van der Waals surface area contributed by atoms with Gasteiger partial charge in [-0.2, -0.15) is 0 Å². The third-order valence-electron chi connectivity index (χ3n) is 2.03. The number of carbonyl (C=O) groups is 1. The van der Waals surface area contributed by atoms with Crippen LogP contribution in [0.2, 0.25) is 0 Å². The van der Waals surface area contributed by atoms with Gasteiger partial charge in [0.05, 0.1) is 17.0 Å². The minimum Gasteiger partial charge on any atom is -0.478 e. The molecule has 2 N–H and O–H groups in total. The van der Waals surface area contributed by atoms with Gasteiger partial charge in [0.25, 0.3) is 0 Å². The first-order valence-electron chi connectivity index (χ1n) is 4.56. The number of rotatable bonds is 2. The van der Waals surface area contributed by atoms with E-state index < -0.39 is 11.5 Å². The number of pyridine rings is 2. The zero-order valence-electron chi connectivity index (χ0n) is 8.18. The number of hydrogen-bond donors (Lipinski definition) is 2. The molecular weight excluding hydrogens is 208 g/mol. The van der Waals surface area contributed by atoms with Gasteiger partial charge in [-0.15, -0.1) is 0 Å². The largest absolute Gasteiger partial charge is 0.478 e. The van der Waals surface area contributed by atoms with E-state index in [4.69, 9.17) is 5.11 Å². The van der Waals surface area contributed by atoms with Gasteiger partial charge in [0.1, 0.15) is 0 Å². The number of nitrogens with zero attached hydrogens (tertiary/aromatic N) is 1. The zero-order chi connectivity index (χ0) is 11.5. The molecule has 0 fully saturated rings. The number of carboxylic acids is 1. The Morgan fingerprint density at radius 2 is 2.12 bits per heavy atom. The van der Waals surface area contributed by atoms with Gasteiger partial charge in [0.2, 0.25) is 5.56 Å². The molecule has 2 heterocycles. The number of nitrogens with one attached hydrogen (secondary N) is 1. The van der Waals surface area contributed by atoms with Gasteiger partial charge in [-0.05, 0) is 18.2 Å². The van der Waals surface area contributed by atoms with Crippen LogP contribution in [0.5, 0.6) is 0 Å². The van der Waals surface area contributed by atoms with Gasteiger partial charge >= 0.3 is 5.97 Å². The van der Waals surface area contributed by atoms with Crippen molar-refractivity contribution in [2.45, 2.75) is 0 Å². The molecule has 0 amide bonds. The predicted molar refractivity (Wildman–Crippen MR) is 57.3 cm³/mol. The van der Waals surface area contributed by atoms with Crippen LogP contribution in [-0.4, -0.2) is 21.0 Å². The molecule has 2 aromatic rings. The van der Waals surface area contributed by atoms with Crippen molar-refractivity contribution in [1.82, 2.24) is 9.97 Å². The quantitative estimate of drug-likeness (QED) is 0.788. The van der Waals surface area contributed by atoms with Gasteiger partial charge in [-0.1, -0.05) is 6.07 Å². The van der Waals surface area contributed by atoms with E-state index in [9.17, 15) is 9.59 Å². The summed E-state index contributed by atoms with van der Waals surface area (Å²) in [6.45, 7) is 0. The van der Waals surface area contributed by atoms with Crippen LogP contribution in [0, 0.1) is 0 Å². The second-order valence-electron chi connectivity index (χ2n) is 3.17. The molecule has 0 spiro atoms. The third-order valence-corrected chi connectivity index (χ3v) is 2.03. The van der Waals surface area contributed by atoms with Crippen LogP contribution in [0.1, 0.15) is 10.4 Å². The first-order valence-corrected chi connectivity index (χ1v) is 4.56. The van der Waals surface area contributed by atoms with E-state index >= 15 is 0 Å². The lowest BCUT2D eigenvalue weighted by molar-refractivity contribution is 0.0696. The fourth-order valence-electron chi connectivity index (χ4n) is 1.33. The molecule has 0 radical (unpaired) electrons. The van der Waals surface area contributed by atoms with E-state index in [-0.39, 0.29) is 5.56 Å². The van der Waals surface area contributed by atoms with Crippen LogP contribution in [0.3, 0.4) is 0 Å². The molecule has 0 atom stereocenters. The van der Waals surface area contributed by atoms with Crippen molar-refractivity contribution >= 4 is 5.97 Å². The molecule has 16 heavy (non-hydrogen) atoms. The molecule has 2 rings (SSSR count). The van der Waals surface area contributed by atoms with Crippen molar-refractivity contribution in [3.8, 4) is 11.4 Å². The highest BCUT2D eigenvalue weighted by atomic mass is 16.4. The first kappa shape index (κ1) is 10.1. The van der Waals surface area contributed by atoms with Gasteiger partial charge in [-0.25, -0.2) is 4.79 Å². The average Bonchev–Trinajstić information content (AvgIpc) is 2.29. The van der Waals surface area contributed by atoms with Crippen molar-refractivity contribution in [2.24, 2.45) is 0 Å². The van der Waals surface area contributed by atoms with Gasteiger partial charge in [-0.3, -0.25) is 9.78 Å². The fraction of sp³-hybridized carbons (Fsp3) is 0. The molecule has 0 aliphatic heterocycles. The standard InChI is InChI=1S/C11H8N2O3/c14-10-6-7(11(15)16)5-9(13-10)8-3-1-2-4-12-8/h1-6H,(H,13,14)(H,15,16). The van der Waals surface area contributed by atoms with Crippen LogP contribution in [0.15, 0.2) is 41.3 Å². The molecule has 0 saturated heterocycles. The van der Waals surface area contributed by atoms with Gasteiger partial charge in [0.15, 0.2) is 0 Å². The first-order chi connectivity index (χ1) is 7.66. The van der Waals surface area contributed by atoms with E-state index in [1.807, 2.05) is 0 Å². The maximum absolute atomic E-state index is 11.2. The second kappa shape index (κ2) is 3.98. The monoisotopic (exact) mass is 216 g/mol. The highest BCUT2D eigenvalue weighted by Gasteiger charge is 2.07. The molecule has 0 aliphatic rings. The number of aromatic nitrogens is 2. The molecule has 0 bridgehead atoms. The molecular formula is C11H8N2O3. The molecule has 0 aromatic carbocycles. The topological polar surface area (TPSA) is 83.0 Å². The lowest BCUT2D eigenvalue weighted by atomic mass is 10.2. The predicted octanol–water partition coefficient (Wildman–Crippen LogP) is 1.14. The lowest BCUT2D eigenvalue weighted by Crippen LogP contribution is -2.10. The van der Waals surface area contributed by atoms with Crippen molar-refractivity contribution in [3.63, 3.8) is 0 Å². The molecule has 0 unspecified atom stereocenters. The minimum absolute atomic E-state index is 0.0515. The van der Waals surface area contributed by atoms with Crippen LogP contribution >= 0.6 is 0 Å². The highest BCUT2D eigenvalue weighted by molar-refractivity contribution is 5.88. The van der Waals surface area contributed by atoms with Crippen LogP contribution in [0.4, 0.5) is 0 Å². The smallest absolute Gasteiger partial charge is 0.335 e. The van der Waals surface area contributed by atoms with Gasteiger partial charge < -0.3 is 10.1 Å². The number of aromatic amines is 1. The Morgan fingerprint density at radius 3 is 2.75 bits per heavy atom. The normalized spacial score (nSPS) is 10.0. The molecule has 5 nitrogen and oxygen atoms in total. The summed E-state index contributed by atoms with van der Waals surface area (Å²) in [5.74, 6) is -1.14. The molecule has 0 aliphatic carbocycles. The summed E-state index contributed by atoms with van der Waals surface area (Å²) in [4.78, 5) is 28.6. The van der Waals surface area contributed by atoms with E-state index in [1.54, 1.807) is 24.4 Å². The Morgan fingerprint density at radius 1 is 1.31 bits per heavy atom. The molecule has 5 heteroatoms. The van der Waals surface area contributed by atoms with Crippen molar-refractivity contribution < 1.29 is 9.90 Å². The number of hydrogen-bond acceptors (Lipinski definition) is 3. The fourth-order valence-corrected chi connectivity index (χ4v) is 1.33. The van der Waals surface area contributed by atoms with Crippen molar-refractivity contribution in [2.75, 3.05) is 0 Å². The Labute approximate surface area is 90.4 Å². The van der Waals surface area contributed by atoms with E-state index in [0.29, 0.717) is 11.4 Å². The number of H-pyrrole nitrogens is 1. The Hall–Kier alpha value is -2.43. The Kier molecular flexibility index (Phi) is 2.51. The van der Waals surface area contributed by atoms with E-state index in [1.165, 1.54) is 6.07 Å². The number of carboxylic acid groups (broad SMARTS) is 1. The summed E-state index contributed by atoms with van der Waals surface area (Å²) >= 11 is 0. The summed E-state index contributed by atoms with van der Waals surface area (Å²) in [7, 11) is 0. The average molecular weight is 216 g/mol. The Bertz CT molecular complexity index is 575. The van der Waals surface area contributed by atoms with Crippen molar-refractivity contribution in [1.29, 1.82) is 0 Å². The minimum atomic E-state index is -1.14. The summed E-state index contributed by atoms with van der Waals surface area (Å²) < 4.78 is 0. The Balaban J connectivity index is 2.58. The maximum Gasteiger partial charge on any atom is 0.335 e. The van der Waals surface area contributed by atoms with Crippen molar-refractivity contribution in [3.05, 3.63) is 52.4 Å². The van der Waals surface area contributed by atoms with E-state index in [0.717, 1.165) is 6.07 Å². The molecule has 2 aromatic heterocycles. The van der Waals surface area contributed by atoms with Gasteiger partial charge in [0, 0.05) is 12.3 Å².